The second kappa shape index (κ2) is 9.51. The van der Waals surface area contributed by atoms with Gasteiger partial charge in [0.25, 0.3) is 0 Å². The molecule has 8 heteroatoms. The first-order valence-corrected chi connectivity index (χ1v) is 11.5. The van der Waals surface area contributed by atoms with Gasteiger partial charge in [-0.15, -0.1) is 11.3 Å². The van der Waals surface area contributed by atoms with Gasteiger partial charge in [0.15, 0.2) is 0 Å². The van der Waals surface area contributed by atoms with Gasteiger partial charge in [-0.3, -0.25) is 4.79 Å². The highest BCUT2D eigenvalue weighted by molar-refractivity contribution is 7.14. The van der Waals surface area contributed by atoms with Crippen molar-refractivity contribution in [2.24, 2.45) is 5.92 Å². The lowest BCUT2D eigenvalue weighted by atomic mass is 10.0. The number of benzene rings is 1. The number of fused-ring (bicyclic) bond motifs is 1. The standard InChI is InChI=1S/C23H27N3O4S/c1-30-22(28)20-13-16-14-26(11-10-19(16)31-20)23(29)25-18-8-6-17(7-9-18)24-21(27)12-15-4-2-3-5-15/h6-9,13,15H,2-5,10-12,14H2,1H3,(H,24,27)(H,25,29). The molecule has 1 aliphatic heterocycles. The number of carbonyl (C=O) groups excluding carboxylic acids is 3. The topological polar surface area (TPSA) is 87.7 Å². The smallest absolute Gasteiger partial charge is 0.348 e. The number of carbonyl (C=O) groups is 3. The van der Waals surface area contributed by atoms with E-state index in [0.717, 1.165) is 35.4 Å². The van der Waals surface area contributed by atoms with Gasteiger partial charge in [0.2, 0.25) is 5.91 Å². The van der Waals surface area contributed by atoms with Crippen molar-refractivity contribution in [2.75, 3.05) is 24.3 Å². The number of ether oxygens (including phenoxy) is 1. The van der Waals surface area contributed by atoms with Gasteiger partial charge in [0, 0.05) is 35.8 Å². The molecule has 1 aromatic heterocycles. The number of rotatable bonds is 5. The van der Waals surface area contributed by atoms with E-state index in [2.05, 4.69) is 10.6 Å². The van der Waals surface area contributed by atoms with Crippen molar-refractivity contribution in [3.05, 3.63) is 45.6 Å². The van der Waals surface area contributed by atoms with Gasteiger partial charge in [-0.1, -0.05) is 12.8 Å². The van der Waals surface area contributed by atoms with Gasteiger partial charge in [-0.05, 0) is 61.1 Å². The Balaban J connectivity index is 1.30. The Morgan fingerprint density at radius 3 is 2.45 bits per heavy atom. The van der Waals surface area contributed by atoms with Crippen LogP contribution in [-0.2, 0) is 22.5 Å². The van der Waals surface area contributed by atoms with Gasteiger partial charge in [0.1, 0.15) is 4.88 Å². The number of nitrogens with one attached hydrogen (secondary N) is 2. The van der Waals surface area contributed by atoms with E-state index < -0.39 is 0 Å². The molecule has 2 heterocycles. The molecule has 0 spiro atoms. The van der Waals surface area contributed by atoms with E-state index in [4.69, 9.17) is 4.74 Å². The molecule has 2 N–H and O–H groups in total. The minimum Gasteiger partial charge on any atom is -0.465 e. The zero-order valence-electron chi connectivity index (χ0n) is 17.6. The Morgan fingerprint density at radius 2 is 1.77 bits per heavy atom. The zero-order valence-corrected chi connectivity index (χ0v) is 18.4. The third-order valence-corrected chi connectivity index (χ3v) is 7.13. The van der Waals surface area contributed by atoms with Crippen LogP contribution in [0.1, 0.15) is 52.2 Å². The molecule has 4 rings (SSSR count). The number of hydrogen-bond donors (Lipinski definition) is 2. The van der Waals surface area contributed by atoms with Crippen molar-refractivity contribution >= 4 is 40.6 Å². The molecule has 0 radical (unpaired) electrons. The average Bonchev–Trinajstić information content (AvgIpc) is 3.43. The lowest BCUT2D eigenvalue weighted by Crippen LogP contribution is -2.38. The summed E-state index contributed by atoms with van der Waals surface area (Å²) in [5, 5.41) is 5.85. The summed E-state index contributed by atoms with van der Waals surface area (Å²) in [5.41, 5.74) is 2.40. The summed E-state index contributed by atoms with van der Waals surface area (Å²) in [5.74, 6) is 0.219. The predicted octanol–water partition coefficient (Wildman–Crippen LogP) is 4.64. The fourth-order valence-electron chi connectivity index (χ4n) is 4.24. The van der Waals surface area contributed by atoms with Gasteiger partial charge >= 0.3 is 12.0 Å². The third kappa shape index (κ3) is 5.25. The molecule has 0 unspecified atom stereocenters. The summed E-state index contributed by atoms with van der Waals surface area (Å²) >= 11 is 1.43. The van der Waals surface area contributed by atoms with Crippen LogP contribution in [-0.4, -0.2) is 36.5 Å². The molecular weight excluding hydrogens is 414 g/mol. The molecule has 3 amide bonds. The summed E-state index contributed by atoms with van der Waals surface area (Å²) in [4.78, 5) is 40.0. The Labute approximate surface area is 185 Å². The highest BCUT2D eigenvalue weighted by Crippen LogP contribution is 2.29. The average molecular weight is 442 g/mol. The first-order valence-electron chi connectivity index (χ1n) is 10.7. The van der Waals surface area contributed by atoms with Crippen LogP contribution in [0.4, 0.5) is 16.2 Å². The molecule has 2 aliphatic rings. The Hall–Kier alpha value is -2.87. The van der Waals surface area contributed by atoms with E-state index in [1.165, 1.54) is 31.3 Å². The molecule has 2 aromatic rings. The highest BCUT2D eigenvalue weighted by atomic mass is 32.1. The molecule has 1 saturated carbocycles. The van der Waals surface area contributed by atoms with E-state index in [-0.39, 0.29) is 17.9 Å². The minimum atomic E-state index is -0.342. The summed E-state index contributed by atoms with van der Waals surface area (Å²) in [7, 11) is 1.37. The largest absolute Gasteiger partial charge is 0.465 e. The molecular formula is C23H27N3O4S. The Bertz CT molecular complexity index is 964. The van der Waals surface area contributed by atoms with Crippen molar-refractivity contribution in [1.29, 1.82) is 0 Å². The number of methoxy groups -OCH3 is 1. The zero-order chi connectivity index (χ0) is 21.8. The van der Waals surface area contributed by atoms with Gasteiger partial charge < -0.3 is 20.3 Å². The lowest BCUT2D eigenvalue weighted by molar-refractivity contribution is -0.117. The van der Waals surface area contributed by atoms with Crippen molar-refractivity contribution in [1.82, 2.24) is 4.90 Å². The number of urea groups is 1. The molecule has 1 fully saturated rings. The maximum atomic E-state index is 12.7. The molecule has 0 saturated heterocycles. The van der Waals surface area contributed by atoms with Crippen LogP contribution in [0.25, 0.3) is 0 Å². The summed E-state index contributed by atoms with van der Waals surface area (Å²) in [6.07, 6.45) is 6.04. The van der Waals surface area contributed by atoms with E-state index in [1.807, 2.05) is 6.07 Å². The number of amides is 3. The highest BCUT2D eigenvalue weighted by Gasteiger charge is 2.25. The van der Waals surface area contributed by atoms with Crippen LogP contribution < -0.4 is 10.6 Å². The second-order valence-corrected chi connectivity index (χ2v) is 9.27. The molecule has 1 aliphatic carbocycles. The van der Waals surface area contributed by atoms with Crippen molar-refractivity contribution in [3.8, 4) is 0 Å². The maximum Gasteiger partial charge on any atom is 0.348 e. The van der Waals surface area contributed by atoms with Crippen molar-refractivity contribution < 1.29 is 19.1 Å². The summed E-state index contributed by atoms with van der Waals surface area (Å²) < 4.78 is 4.79. The fraction of sp³-hybridized carbons (Fsp3) is 0.435. The number of thiophene rings is 1. The Morgan fingerprint density at radius 1 is 1.10 bits per heavy atom. The minimum absolute atomic E-state index is 0.0508. The molecule has 1 aromatic carbocycles. The fourth-order valence-corrected chi connectivity index (χ4v) is 5.32. The predicted molar refractivity (Wildman–Crippen MR) is 120 cm³/mol. The van der Waals surface area contributed by atoms with Crippen LogP contribution in [0.15, 0.2) is 30.3 Å². The van der Waals surface area contributed by atoms with Crippen LogP contribution in [0.5, 0.6) is 0 Å². The van der Waals surface area contributed by atoms with Gasteiger partial charge in [-0.25, -0.2) is 9.59 Å². The molecule has 164 valence electrons. The number of anilines is 2. The summed E-state index contributed by atoms with van der Waals surface area (Å²) in [6.45, 7) is 1.05. The van der Waals surface area contributed by atoms with Crippen LogP contribution >= 0.6 is 11.3 Å². The molecule has 0 bridgehead atoms. The molecule has 7 nitrogen and oxygen atoms in total. The number of esters is 1. The van der Waals surface area contributed by atoms with Crippen LogP contribution in [0, 0.1) is 5.92 Å². The lowest BCUT2D eigenvalue weighted by Gasteiger charge is -2.27. The number of hydrogen-bond acceptors (Lipinski definition) is 5. The van der Waals surface area contributed by atoms with Crippen molar-refractivity contribution in [2.45, 2.75) is 45.1 Å². The normalized spacial score (nSPS) is 16.0. The van der Waals surface area contributed by atoms with E-state index in [0.29, 0.717) is 36.0 Å². The monoisotopic (exact) mass is 441 g/mol. The first-order chi connectivity index (χ1) is 15.0. The van der Waals surface area contributed by atoms with Crippen LogP contribution in [0.3, 0.4) is 0 Å². The summed E-state index contributed by atoms with van der Waals surface area (Å²) in [6, 6.07) is 8.82. The van der Waals surface area contributed by atoms with E-state index in [9.17, 15) is 14.4 Å². The van der Waals surface area contributed by atoms with Crippen LogP contribution in [0.2, 0.25) is 0 Å². The quantitative estimate of drug-likeness (QED) is 0.662. The van der Waals surface area contributed by atoms with Crippen molar-refractivity contribution in [3.63, 3.8) is 0 Å². The van der Waals surface area contributed by atoms with Gasteiger partial charge in [0.05, 0.1) is 7.11 Å². The van der Waals surface area contributed by atoms with E-state index in [1.54, 1.807) is 29.2 Å². The first kappa shape index (κ1) is 21.4. The maximum absolute atomic E-state index is 12.7. The Kier molecular flexibility index (Phi) is 6.56. The second-order valence-electron chi connectivity index (χ2n) is 8.13. The molecule has 31 heavy (non-hydrogen) atoms. The molecule has 0 atom stereocenters. The van der Waals surface area contributed by atoms with Gasteiger partial charge in [-0.2, -0.15) is 0 Å². The third-order valence-electron chi connectivity index (χ3n) is 5.91. The van der Waals surface area contributed by atoms with E-state index >= 15 is 0 Å². The number of nitrogens with zero attached hydrogens (tertiary/aromatic N) is 1. The SMILES string of the molecule is COC(=O)c1cc2c(s1)CCN(C(=O)Nc1ccc(NC(=O)CC3CCCC3)cc1)C2.